The molecule has 1 aliphatic rings. The molecule has 138 valence electrons. The number of carbonyl (C=O) groups is 1. The summed E-state index contributed by atoms with van der Waals surface area (Å²) in [5, 5.41) is 3.03. The van der Waals surface area contributed by atoms with Crippen molar-refractivity contribution < 1.29 is 4.79 Å². The average molecular weight is 351 g/mol. The van der Waals surface area contributed by atoms with E-state index in [0.717, 1.165) is 31.9 Å². The van der Waals surface area contributed by atoms with Gasteiger partial charge in [-0.25, -0.2) is 0 Å². The number of piperazine rings is 1. The van der Waals surface area contributed by atoms with Crippen LogP contribution in [0.3, 0.4) is 0 Å². The van der Waals surface area contributed by atoms with Crippen LogP contribution in [-0.4, -0.2) is 43.0 Å². The van der Waals surface area contributed by atoms with Crippen molar-refractivity contribution in [2.24, 2.45) is 0 Å². The number of anilines is 2. The highest BCUT2D eigenvalue weighted by Crippen LogP contribution is 2.24. The van der Waals surface area contributed by atoms with Crippen molar-refractivity contribution in [1.29, 1.82) is 0 Å². The molecule has 1 unspecified atom stereocenters. The lowest BCUT2D eigenvalue weighted by Crippen LogP contribution is -2.53. The summed E-state index contributed by atoms with van der Waals surface area (Å²) < 4.78 is 0. The van der Waals surface area contributed by atoms with Gasteiger partial charge in [0, 0.05) is 37.6 Å². The number of aryl methyl sites for hydroxylation is 2. The Morgan fingerprint density at radius 1 is 0.962 bits per heavy atom. The first-order valence-corrected chi connectivity index (χ1v) is 9.38. The predicted octanol–water partition coefficient (Wildman–Crippen LogP) is 3.76. The Balaban J connectivity index is 1.57. The number of hydrogen-bond acceptors (Lipinski definition) is 3. The maximum absolute atomic E-state index is 12.6. The van der Waals surface area contributed by atoms with Crippen LogP contribution in [0.15, 0.2) is 42.5 Å². The number of rotatable bonds is 4. The Hall–Kier alpha value is -2.33. The van der Waals surface area contributed by atoms with Gasteiger partial charge in [0.15, 0.2) is 0 Å². The highest BCUT2D eigenvalue weighted by molar-refractivity contribution is 5.94. The molecule has 1 saturated heterocycles. The summed E-state index contributed by atoms with van der Waals surface area (Å²) in [5.41, 5.74) is 6.06. The number of nitrogens with one attached hydrogen (secondary N) is 1. The van der Waals surface area contributed by atoms with E-state index in [1.807, 2.05) is 38.1 Å². The van der Waals surface area contributed by atoms with E-state index >= 15 is 0 Å². The topological polar surface area (TPSA) is 35.6 Å². The highest BCUT2D eigenvalue weighted by Gasteiger charge is 2.26. The fourth-order valence-electron chi connectivity index (χ4n) is 3.48. The molecule has 1 aliphatic heterocycles. The Labute approximate surface area is 156 Å². The predicted molar refractivity (Wildman–Crippen MR) is 109 cm³/mol. The molecule has 1 N–H and O–H groups in total. The minimum absolute atomic E-state index is 0.0639. The van der Waals surface area contributed by atoms with E-state index in [9.17, 15) is 4.79 Å². The van der Waals surface area contributed by atoms with Crippen LogP contribution in [0.4, 0.5) is 11.4 Å². The van der Waals surface area contributed by atoms with Crippen molar-refractivity contribution in [3.63, 3.8) is 0 Å². The third kappa shape index (κ3) is 4.07. The summed E-state index contributed by atoms with van der Waals surface area (Å²) in [7, 11) is 0. The molecule has 0 aliphatic carbocycles. The maximum atomic E-state index is 12.6. The first-order chi connectivity index (χ1) is 12.5. The third-order valence-electron chi connectivity index (χ3n) is 5.48. The van der Waals surface area contributed by atoms with Crippen LogP contribution in [0.5, 0.6) is 0 Å². The van der Waals surface area contributed by atoms with E-state index < -0.39 is 0 Å². The van der Waals surface area contributed by atoms with Crippen molar-refractivity contribution in [3.8, 4) is 0 Å². The zero-order valence-electron chi connectivity index (χ0n) is 16.2. The molecule has 4 heteroatoms. The average Bonchev–Trinajstić information content (AvgIpc) is 2.65. The van der Waals surface area contributed by atoms with E-state index in [0.29, 0.717) is 0 Å². The molecular weight excluding hydrogens is 322 g/mol. The van der Waals surface area contributed by atoms with Gasteiger partial charge in [0.05, 0.1) is 6.04 Å². The molecule has 26 heavy (non-hydrogen) atoms. The van der Waals surface area contributed by atoms with Crippen molar-refractivity contribution in [3.05, 3.63) is 59.2 Å². The number of benzene rings is 2. The van der Waals surface area contributed by atoms with Crippen LogP contribution >= 0.6 is 0 Å². The van der Waals surface area contributed by atoms with Gasteiger partial charge in [-0.15, -0.1) is 0 Å². The SMILES string of the molecule is Cc1ccc(NC(=O)C(C)N2CCN(c3cccc(C)c3C)CC2)cc1. The van der Waals surface area contributed by atoms with Gasteiger partial charge in [-0.1, -0.05) is 29.8 Å². The normalized spacial score (nSPS) is 16.4. The standard InChI is InChI=1S/C22H29N3O/c1-16-8-10-20(11-9-16)23-22(26)19(4)24-12-14-25(15-13-24)21-7-5-6-17(2)18(21)3/h5-11,19H,12-15H2,1-4H3,(H,23,26). The van der Waals surface area contributed by atoms with Gasteiger partial charge in [0.1, 0.15) is 0 Å². The molecule has 3 rings (SSSR count). The molecule has 0 spiro atoms. The molecule has 1 atom stereocenters. The molecule has 1 amide bonds. The first-order valence-electron chi connectivity index (χ1n) is 9.38. The Bertz CT molecular complexity index is 761. The Kier molecular flexibility index (Phi) is 5.62. The number of nitrogens with zero attached hydrogens (tertiary/aromatic N) is 2. The monoisotopic (exact) mass is 351 g/mol. The van der Waals surface area contributed by atoms with Crippen molar-refractivity contribution in [2.45, 2.75) is 33.7 Å². The van der Waals surface area contributed by atoms with Crippen LogP contribution in [0.1, 0.15) is 23.6 Å². The minimum atomic E-state index is -0.128. The quantitative estimate of drug-likeness (QED) is 0.911. The molecular formula is C22H29N3O. The van der Waals surface area contributed by atoms with Crippen LogP contribution < -0.4 is 10.2 Å². The fourth-order valence-corrected chi connectivity index (χ4v) is 3.48. The molecule has 0 saturated carbocycles. The number of carbonyl (C=O) groups excluding carboxylic acids is 1. The van der Waals surface area contributed by atoms with Crippen molar-refractivity contribution in [1.82, 2.24) is 4.90 Å². The second kappa shape index (κ2) is 7.92. The summed E-state index contributed by atoms with van der Waals surface area (Å²) in [6, 6.07) is 14.3. The zero-order valence-corrected chi connectivity index (χ0v) is 16.2. The molecule has 0 bridgehead atoms. The first kappa shape index (κ1) is 18.5. The number of hydrogen-bond donors (Lipinski definition) is 1. The van der Waals surface area contributed by atoms with Gasteiger partial charge in [-0.2, -0.15) is 0 Å². The van der Waals surface area contributed by atoms with E-state index in [1.54, 1.807) is 0 Å². The lowest BCUT2D eigenvalue weighted by atomic mass is 10.1. The minimum Gasteiger partial charge on any atom is -0.369 e. The van der Waals surface area contributed by atoms with Crippen molar-refractivity contribution in [2.75, 3.05) is 36.4 Å². The fraction of sp³-hybridized carbons (Fsp3) is 0.409. The second-order valence-corrected chi connectivity index (χ2v) is 7.27. The Morgan fingerprint density at radius 3 is 2.27 bits per heavy atom. The molecule has 1 heterocycles. The Morgan fingerprint density at radius 2 is 1.62 bits per heavy atom. The molecule has 2 aromatic rings. The van der Waals surface area contributed by atoms with Crippen LogP contribution in [0, 0.1) is 20.8 Å². The lowest BCUT2D eigenvalue weighted by molar-refractivity contribution is -0.120. The van der Waals surface area contributed by atoms with Crippen LogP contribution in [0.2, 0.25) is 0 Å². The van der Waals surface area contributed by atoms with E-state index in [-0.39, 0.29) is 11.9 Å². The van der Waals surface area contributed by atoms with Crippen LogP contribution in [0.25, 0.3) is 0 Å². The van der Waals surface area contributed by atoms with Gasteiger partial charge in [-0.3, -0.25) is 9.69 Å². The summed E-state index contributed by atoms with van der Waals surface area (Å²) >= 11 is 0. The van der Waals surface area contributed by atoms with Gasteiger partial charge in [0.2, 0.25) is 5.91 Å². The summed E-state index contributed by atoms with van der Waals surface area (Å²) in [4.78, 5) is 17.3. The highest BCUT2D eigenvalue weighted by atomic mass is 16.2. The largest absolute Gasteiger partial charge is 0.369 e. The van der Waals surface area contributed by atoms with Gasteiger partial charge in [-0.05, 0) is 57.0 Å². The third-order valence-corrected chi connectivity index (χ3v) is 5.48. The van der Waals surface area contributed by atoms with E-state index in [2.05, 4.69) is 47.2 Å². The summed E-state index contributed by atoms with van der Waals surface area (Å²) in [5.74, 6) is 0.0639. The van der Waals surface area contributed by atoms with Gasteiger partial charge >= 0.3 is 0 Å². The summed E-state index contributed by atoms with van der Waals surface area (Å²) in [6.07, 6.45) is 0. The summed E-state index contributed by atoms with van der Waals surface area (Å²) in [6.45, 7) is 12.1. The molecule has 0 aromatic heterocycles. The number of amides is 1. The van der Waals surface area contributed by atoms with Crippen LogP contribution in [-0.2, 0) is 4.79 Å². The van der Waals surface area contributed by atoms with Gasteiger partial charge < -0.3 is 10.2 Å². The molecule has 1 fully saturated rings. The smallest absolute Gasteiger partial charge is 0.241 e. The maximum Gasteiger partial charge on any atom is 0.241 e. The zero-order chi connectivity index (χ0) is 18.7. The second-order valence-electron chi connectivity index (χ2n) is 7.27. The van der Waals surface area contributed by atoms with E-state index in [4.69, 9.17) is 0 Å². The molecule has 2 aromatic carbocycles. The molecule has 4 nitrogen and oxygen atoms in total. The lowest BCUT2D eigenvalue weighted by Gasteiger charge is -2.39. The van der Waals surface area contributed by atoms with E-state index in [1.165, 1.54) is 22.4 Å². The molecule has 0 radical (unpaired) electrons. The van der Waals surface area contributed by atoms with Gasteiger partial charge in [0.25, 0.3) is 0 Å². The van der Waals surface area contributed by atoms with Crippen molar-refractivity contribution >= 4 is 17.3 Å².